The molecule has 1 unspecified atom stereocenters. The number of benzene rings is 2. The summed E-state index contributed by atoms with van der Waals surface area (Å²) in [6, 6.07) is 10.5. The highest BCUT2D eigenvalue weighted by Crippen LogP contribution is 2.36. The van der Waals surface area contributed by atoms with Gasteiger partial charge in [-0.05, 0) is 86.0 Å². The number of hydrogen-bond acceptors (Lipinski definition) is 3. The number of aryl methyl sites for hydroxylation is 1. The molecule has 2 aromatic carbocycles. The minimum absolute atomic E-state index is 0.00191. The summed E-state index contributed by atoms with van der Waals surface area (Å²) in [5, 5.41) is 0. The van der Waals surface area contributed by atoms with Gasteiger partial charge in [0.2, 0.25) is 9.84 Å². The van der Waals surface area contributed by atoms with Crippen molar-refractivity contribution in [2.24, 2.45) is 5.73 Å². The Hall–Kier alpha value is -1.72. The SMILES string of the molecule is NCCCC1CCCc2cc(S(=O)(=O)c3cccc(F)c3)ccc21. The van der Waals surface area contributed by atoms with Crippen LogP contribution in [0.1, 0.15) is 42.7 Å². The second kappa shape index (κ2) is 7.03. The summed E-state index contributed by atoms with van der Waals surface area (Å²) in [4.78, 5) is 0.240. The van der Waals surface area contributed by atoms with E-state index in [2.05, 4.69) is 0 Å². The third kappa shape index (κ3) is 3.37. The number of rotatable bonds is 5. The van der Waals surface area contributed by atoms with E-state index in [9.17, 15) is 12.8 Å². The molecular formula is C19H22FNO2S. The normalized spacial score (nSPS) is 17.5. The number of sulfone groups is 1. The Balaban J connectivity index is 1.96. The molecule has 3 rings (SSSR count). The average molecular weight is 347 g/mol. The van der Waals surface area contributed by atoms with Crippen LogP contribution in [0.5, 0.6) is 0 Å². The Morgan fingerprint density at radius 2 is 1.92 bits per heavy atom. The minimum atomic E-state index is -3.69. The molecule has 5 heteroatoms. The van der Waals surface area contributed by atoms with E-state index in [0.717, 1.165) is 43.7 Å². The molecule has 1 aliphatic carbocycles. The van der Waals surface area contributed by atoms with Crippen molar-refractivity contribution in [3.8, 4) is 0 Å². The first kappa shape index (κ1) is 17.1. The summed E-state index contributed by atoms with van der Waals surface area (Å²) >= 11 is 0. The van der Waals surface area contributed by atoms with Gasteiger partial charge in [0.1, 0.15) is 5.82 Å². The Morgan fingerprint density at radius 3 is 2.67 bits per heavy atom. The second-order valence-corrected chi connectivity index (χ2v) is 8.29. The predicted molar refractivity (Wildman–Crippen MR) is 92.3 cm³/mol. The lowest BCUT2D eigenvalue weighted by molar-refractivity contribution is 0.506. The zero-order chi connectivity index (χ0) is 17.2. The summed E-state index contributed by atoms with van der Waals surface area (Å²) < 4.78 is 38.9. The van der Waals surface area contributed by atoms with Crippen LogP contribution in [0.25, 0.3) is 0 Å². The van der Waals surface area contributed by atoms with Gasteiger partial charge in [0.25, 0.3) is 0 Å². The maximum Gasteiger partial charge on any atom is 0.206 e. The standard InChI is InChI=1S/C19H22FNO2S/c20-16-7-2-8-17(13-16)24(22,23)18-9-10-19-14(6-3-11-21)4-1-5-15(19)12-18/h2,7-10,12-14H,1,3-6,11,21H2. The van der Waals surface area contributed by atoms with Crippen LogP contribution < -0.4 is 5.73 Å². The lowest BCUT2D eigenvalue weighted by Crippen LogP contribution is -2.13. The van der Waals surface area contributed by atoms with Crippen LogP contribution in [0.15, 0.2) is 52.3 Å². The zero-order valence-corrected chi connectivity index (χ0v) is 14.4. The van der Waals surface area contributed by atoms with Gasteiger partial charge >= 0.3 is 0 Å². The molecule has 2 aromatic rings. The monoisotopic (exact) mass is 347 g/mol. The van der Waals surface area contributed by atoms with Gasteiger partial charge in [-0.2, -0.15) is 0 Å². The number of fused-ring (bicyclic) bond motifs is 1. The number of halogens is 1. The van der Waals surface area contributed by atoms with E-state index < -0.39 is 15.7 Å². The van der Waals surface area contributed by atoms with Gasteiger partial charge in [0.15, 0.2) is 0 Å². The molecule has 0 amide bonds. The van der Waals surface area contributed by atoms with E-state index >= 15 is 0 Å². The fourth-order valence-electron chi connectivity index (χ4n) is 3.49. The molecule has 1 aliphatic rings. The molecule has 0 spiro atoms. The molecule has 128 valence electrons. The van der Waals surface area contributed by atoms with E-state index in [-0.39, 0.29) is 9.79 Å². The first-order valence-electron chi connectivity index (χ1n) is 8.36. The fraction of sp³-hybridized carbons (Fsp3) is 0.368. The molecule has 24 heavy (non-hydrogen) atoms. The van der Waals surface area contributed by atoms with Crippen LogP contribution in [0.3, 0.4) is 0 Å². The van der Waals surface area contributed by atoms with E-state index in [1.54, 1.807) is 12.1 Å². The third-order valence-corrected chi connectivity index (χ3v) is 6.48. The predicted octanol–water partition coefficient (Wildman–Crippen LogP) is 3.82. The van der Waals surface area contributed by atoms with E-state index in [1.165, 1.54) is 23.8 Å². The van der Waals surface area contributed by atoms with Crippen LogP contribution in [0.2, 0.25) is 0 Å². The maximum absolute atomic E-state index is 13.4. The lowest BCUT2D eigenvalue weighted by Gasteiger charge is -2.26. The van der Waals surface area contributed by atoms with Gasteiger partial charge in [-0.25, -0.2) is 12.8 Å². The highest BCUT2D eigenvalue weighted by molar-refractivity contribution is 7.91. The topological polar surface area (TPSA) is 60.2 Å². The maximum atomic E-state index is 13.4. The van der Waals surface area contributed by atoms with Crippen molar-refractivity contribution in [1.82, 2.24) is 0 Å². The van der Waals surface area contributed by atoms with Gasteiger partial charge in [0, 0.05) is 0 Å². The van der Waals surface area contributed by atoms with Gasteiger partial charge in [-0.15, -0.1) is 0 Å². The first-order valence-corrected chi connectivity index (χ1v) is 9.84. The smallest absolute Gasteiger partial charge is 0.206 e. The van der Waals surface area contributed by atoms with Gasteiger partial charge in [0.05, 0.1) is 9.79 Å². The van der Waals surface area contributed by atoms with Crippen molar-refractivity contribution in [3.63, 3.8) is 0 Å². The average Bonchev–Trinajstić information content (AvgIpc) is 2.59. The van der Waals surface area contributed by atoms with Crippen molar-refractivity contribution in [2.45, 2.75) is 47.8 Å². The summed E-state index contributed by atoms with van der Waals surface area (Å²) in [6.07, 6.45) is 5.10. The Labute approximate surface area is 142 Å². The first-order chi connectivity index (χ1) is 11.5. The largest absolute Gasteiger partial charge is 0.330 e. The van der Waals surface area contributed by atoms with Crippen molar-refractivity contribution in [3.05, 3.63) is 59.4 Å². The van der Waals surface area contributed by atoms with Crippen molar-refractivity contribution in [2.75, 3.05) is 6.54 Å². The highest BCUT2D eigenvalue weighted by atomic mass is 32.2. The van der Waals surface area contributed by atoms with E-state index in [4.69, 9.17) is 5.73 Å². The molecular weight excluding hydrogens is 325 g/mol. The molecule has 0 aliphatic heterocycles. The Kier molecular flexibility index (Phi) is 5.01. The number of hydrogen-bond donors (Lipinski definition) is 1. The highest BCUT2D eigenvalue weighted by Gasteiger charge is 2.24. The zero-order valence-electron chi connectivity index (χ0n) is 13.5. The summed E-state index contributed by atoms with van der Waals surface area (Å²) in [5.41, 5.74) is 7.95. The number of nitrogens with two attached hydrogens (primary N) is 1. The lowest BCUT2D eigenvalue weighted by atomic mass is 9.80. The molecule has 0 bridgehead atoms. The van der Waals surface area contributed by atoms with Crippen molar-refractivity contribution >= 4 is 9.84 Å². The molecule has 0 heterocycles. The van der Waals surface area contributed by atoms with Crippen LogP contribution in [0, 0.1) is 5.82 Å². The quantitative estimate of drug-likeness (QED) is 0.894. The van der Waals surface area contributed by atoms with Gasteiger partial charge in [-0.1, -0.05) is 12.1 Å². The molecule has 0 saturated carbocycles. The van der Waals surface area contributed by atoms with Crippen molar-refractivity contribution in [1.29, 1.82) is 0 Å². The molecule has 3 nitrogen and oxygen atoms in total. The summed E-state index contributed by atoms with van der Waals surface area (Å²) in [6.45, 7) is 0.678. The molecule has 0 aromatic heterocycles. The van der Waals surface area contributed by atoms with E-state index in [1.807, 2.05) is 6.07 Å². The molecule has 0 radical (unpaired) electrons. The van der Waals surface area contributed by atoms with Crippen LogP contribution >= 0.6 is 0 Å². The van der Waals surface area contributed by atoms with Crippen LogP contribution in [0.4, 0.5) is 4.39 Å². The van der Waals surface area contributed by atoms with Gasteiger partial charge in [-0.3, -0.25) is 0 Å². The van der Waals surface area contributed by atoms with E-state index in [0.29, 0.717) is 12.5 Å². The third-order valence-electron chi connectivity index (χ3n) is 4.73. The minimum Gasteiger partial charge on any atom is -0.330 e. The summed E-state index contributed by atoms with van der Waals surface area (Å²) in [5.74, 6) is -0.0842. The van der Waals surface area contributed by atoms with Crippen LogP contribution in [-0.4, -0.2) is 15.0 Å². The molecule has 0 fully saturated rings. The molecule has 1 atom stereocenters. The Bertz CT molecular complexity index is 833. The van der Waals surface area contributed by atoms with Crippen molar-refractivity contribution < 1.29 is 12.8 Å². The summed E-state index contributed by atoms with van der Waals surface area (Å²) in [7, 11) is -3.69. The molecule has 2 N–H and O–H groups in total. The Morgan fingerprint density at radius 1 is 1.12 bits per heavy atom. The van der Waals surface area contributed by atoms with Crippen LogP contribution in [-0.2, 0) is 16.3 Å². The fourth-order valence-corrected chi connectivity index (χ4v) is 4.84. The molecule has 0 saturated heterocycles. The van der Waals surface area contributed by atoms with Gasteiger partial charge < -0.3 is 5.73 Å². The second-order valence-electron chi connectivity index (χ2n) is 6.34.